The van der Waals surface area contributed by atoms with Crippen molar-refractivity contribution in [2.45, 2.75) is 25.8 Å². The Morgan fingerprint density at radius 2 is 1.81 bits per heavy atom. The second kappa shape index (κ2) is 9.67. The van der Waals surface area contributed by atoms with Crippen molar-refractivity contribution in [2.24, 2.45) is 0 Å². The van der Waals surface area contributed by atoms with Gasteiger partial charge in [0.25, 0.3) is 0 Å². The zero-order valence-corrected chi connectivity index (χ0v) is 17.6. The Labute approximate surface area is 185 Å². The smallest absolute Gasteiger partial charge is 0.220 e. The van der Waals surface area contributed by atoms with Crippen molar-refractivity contribution in [1.29, 1.82) is 0 Å². The van der Waals surface area contributed by atoms with Crippen LogP contribution >= 0.6 is 11.6 Å². The standard InChI is InChI=1S/C25H21ClFN3O/c26-22-15-20(11-13-23(22)27)18-8-6-17(7-9-18)16-29-24(31)5-1-4-21-12-10-19-3-2-14-28-25(19)30-21/h2-3,6-15H,1,4-5,16H2,(H,29,31). The molecule has 4 rings (SSSR count). The van der Waals surface area contributed by atoms with Gasteiger partial charge < -0.3 is 5.32 Å². The van der Waals surface area contributed by atoms with E-state index in [1.165, 1.54) is 6.07 Å². The van der Waals surface area contributed by atoms with E-state index in [1.54, 1.807) is 18.3 Å². The molecule has 0 radical (unpaired) electrons. The lowest BCUT2D eigenvalue weighted by molar-refractivity contribution is -0.121. The highest BCUT2D eigenvalue weighted by Crippen LogP contribution is 2.25. The highest BCUT2D eigenvalue weighted by molar-refractivity contribution is 6.31. The van der Waals surface area contributed by atoms with Crippen molar-refractivity contribution in [3.63, 3.8) is 0 Å². The average molecular weight is 434 g/mol. The van der Waals surface area contributed by atoms with Crippen LogP contribution in [-0.2, 0) is 17.8 Å². The van der Waals surface area contributed by atoms with E-state index >= 15 is 0 Å². The monoisotopic (exact) mass is 433 g/mol. The molecule has 0 aliphatic carbocycles. The predicted octanol–water partition coefficient (Wildman–Crippen LogP) is 5.73. The number of nitrogens with one attached hydrogen (secondary N) is 1. The van der Waals surface area contributed by atoms with Gasteiger partial charge in [-0.1, -0.05) is 41.9 Å². The van der Waals surface area contributed by atoms with Crippen LogP contribution < -0.4 is 5.32 Å². The molecule has 2 aromatic heterocycles. The lowest BCUT2D eigenvalue weighted by atomic mass is 10.0. The third-order valence-electron chi connectivity index (χ3n) is 5.05. The van der Waals surface area contributed by atoms with Gasteiger partial charge in [-0.15, -0.1) is 0 Å². The molecule has 1 amide bonds. The van der Waals surface area contributed by atoms with Gasteiger partial charge in [0, 0.05) is 30.2 Å². The van der Waals surface area contributed by atoms with Gasteiger partial charge >= 0.3 is 0 Å². The number of pyridine rings is 2. The fraction of sp³-hybridized carbons (Fsp3) is 0.160. The van der Waals surface area contributed by atoms with Crippen molar-refractivity contribution >= 4 is 28.5 Å². The van der Waals surface area contributed by atoms with Crippen LogP contribution in [0.2, 0.25) is 5.02 Å². The van der Waals surface area contributed by atoms with Gasteiger partial charge in [-0.05, 0) is 65.9 Å². The number of hydrogen-bond donors (Lipinski definition) is 1. The van der Waals surface area contributed by atoms with Crippen LogP contribution in [0.15, 0.2) is 72.9 Å². The van der Waals surface area contributed by atoms with Gasteiger partial charge in [0.05, 0.1) is 5.02 Å². The summed E-state index contributed by atoms with van der Waals surface area (Å²) in [4.78, 5) is 21.0. The molecule has 31 heavy (non-hydrogen) atoms. The van der Waals surface area contributed by atoms with E-state index in [1.807, 2.05) is 48.5 Å². The number of hydrogen-bond acceptors (Lipinski definition) is 3. The van der Waals surface area contributed by atoms with E-state index in [0.717, 1.165) is 46.3 Å². The number of halogens is 2. The molecular formula is C25H21ClFN3O. The first-order valence-corrected chi connectivity index (χ1v) is 10.5. The molecule has 4 aromatic rings. The van der Waals surface area contributed by atoms with Crippen molar-refractivity contribution in [3.05, 3.63) is 95.0 Å². The number of nitrogens with zero attached hydrogens (tertiary/aromatic N) is 2. The zero-order valence-electron chi connectivity index (χ0n) is 16.8. The highest BCUT2D eigenvalue weighted by atomic mass is 35.5. The van der Waals surface area contributed by atoms with Crippen LogP contribution in [0.5, 0.6) is 0 Å². The van der Waals surface area contributed by atoms with E-state index in [2.05, 4.69) is 15.3 Å². The number of amides is 1. The van der Waals surface area contributed by atoms with E-state index in [0.29, 0.717) is 13.0 Å². The largest absolute Gasteiger partial charge is 0.352 e. The first-order chi connectivity index (χ1) is 15.1. The van der Waals surface area contributed by atoms with Crippen molar-refractivity contribution in [3.8, 4) is 11.1 Å². The molecule has 0 aliphatic rings. The van der Waals surface area contributed by atoms with Gasteiger partial charge in [-0.2, -0.15) is 0 Å². The second-order valence-corrected chi connectivity index (χ2v) is 7.72. The van der Waals surface area contributed by atoms with Crippen molar-refractivity contribution in [1.82, 2.24) is 15.3 Å². The summed E-state index contributed by atoms with van der Waals surface area (Å²) in [7, 11) is 0. The minimum Gasteiger partial charge on any atom is -0.352 e. The van der Waals surface area contributed by atoms with Gasteiger partial charge in [0.1, 0.15) is 5.82 Å². The average Bonchev–Trinajstić information content (AvgIpc) is 2.80. The minimum absolute atomic E-state index is 0.00769. The Morgan fingerprint density at radius 1 is 1.00 bits per heavy atom. The minimum atomic E-state index is -0.433. The number of aromatic nitrogens is 2. The third kappa shape index (κ3) is 5.44. The van der Waals surface area contributed by atoms with E-state index < -0.39 is 5.82 Å². The highest BCUT2D eigenvalue weighted by Gasteiger charge is 2.06. The van der Waals surface area contributed by atoms with Crippen LogP contribution in [0.25, 0.3) is 22.2 Å². The summed E-state index contributed by atoms with van der Waals surface area (Å²) >= 11 is 5.86. The van der Waals surface area contributed by atoms with Gasteiger partial charge in [0.2, 0.25) is 5.91 Å². The maximum absolute atomic E-state index is 13.3. The molecule has 0 saturated carbocycles. The lowest BCUT2D eigenvalue weighted by Crippen LogP contribution is -2.22. The molecule has 0 atom stereocenters. The summed E-state index contributed by atoms with van der Waals surface area (Å²) in [5, 5.41) is 4.06. The number of benzene rings is 2. The summed E-state index contributed by atoms with van der Waals surface area (Å²) in [6.07, 6.45) is 3.62. The fourth-order valence-electron chi connectivity index (χ4n) is 3.34. The Morgan fingerprint density at radius 3 is 2.61 bits per heavy atom. The molecule has 1 N–H and O–H groups in total. The molecule has 156 valence electrons. The molecule has 0 spiro atoms. The first-order valence-electron chi connectivity index (χ1n) is 10.1. The topological polar surface area (TPSA) is 54.9 Å². The third-order valence-corrected chi connectivity index (χ3v) is 5.34. The SMILES string of the molecule is O=C(CCCc1ccc2cccnc2n1)NCc1ccc(-c2ccc(F)c(Cl)c2)cc1. The molecule has 0 unspecified atom stereocenters. The maximum atomic E-state index is 13.3. The van der Waals surface area contributed by atoms with Crippen LogP contribution in [0.1, 0.15) is 24.1 Å². The second-order valence-electron chi connectivity index (χ2n) is 7.31. The molecule has 2 aromatic carbocycles. The van der Waals surface area contributed by atoms with Crippen molar-refractivity contribution < 1.29 is 9.18 Å². The molecule has 0 bridgehead atoms. The van der Waals surface area contributed by atoms with Gasteiger partial charge in [-0.3, -0.25) is 4.79 Å². The van der Waals surface area contributed by atoms with Crippen LogP contribution in [0.4, 0.5) is 4.39 Å². The molecule has 2 heterocycles. The fourth-order valence-corrected chi connectivity index (χ4v) is 3.52. The van der Waals surface area contributed by atoms with E-state index in [-0.39, 0.29) is 10.9 Å². The number of aryl methyl sites for hydroxylation is 1. The van der Waals surface area contributed by atoms with Crippen LogP contribution in [-0.4, -0.2) is 15.9 Å². The Balaban J connectivity index is 1.25. The first kappa shape index (κ1) is 20.9. The number of rotatable bonds is 7. The van der Waals surface area contributed by atoms with Gasteiger partial charge in [0.15, 0.2) is 5.65 Å². The molecule has 6 heteroatoms. The normalized spacial score (nSPS) is 10.9. The van der Waals surface area contributed by atoms with E-state index in [4.69, 9.17) is 11.6 Å². The van der Waals surface area contributed by atoms with Crippen LogP contribution in [0.3, 0.4) is 0 Å². The van der Waals surface area contributed by atoms with Crippen LogP contribution in [0, 0.1) is 5.82 Å². The van der Waals surface area contributed by atoms with Crippen molar-refractivity contribution in [2.75, 3.05) is 0 Å². The number of carbonyl (C=O) groups is 1. The summed E-state index contributed by atoms with van der Waals surface area (Å²) < 4.78 is 13.3. The zero-order chi connectivity index (χ0) is 21.6. The molecule has 0 fully saturated rings. The Kier molecular flexibility index (Phi) is 6.53. The van der Waals surface area contributed by atoms with E-state index in [9.17, 15) is 9.18 Å². The lowest BCUT2D eigenvalue weighted by Gasteiger charge is -2.08. The molecule has 0 saturated heterocycles. The quantitative estimate of drug-likeness (QED) is 0.405. The summed E-state index contributed by atoms with van der Waals surface area (Å²) in [6, 6.07) is 20.3. The molecular weight excluding hydrogens is 413 g/mol. The summed E-state index contributed by atoms with van der Waals surface area (Å²) in [5.74, 6) is -0.425. The summed E-state index contributed by atoms with van der Waals surface area (Å²) in [6.45, 7) is 0.460. The Bertz CT molecular complexity index is 1210. The summed E-state index contributed by atoms with van der Waals surface area (Å²) in [5.41, 5.74) is 4.45. The molecule has 4 nitrogen and oxygen atoms in total. The van der Waals surface area contributed by atoms with Gasteiger partial charge in [-0.25, -0.2) is 14.4 Å². The Hall–Kier alpha value is -3.31. The maximum Gasteiger partial charge on any atom is 0.220 e. The molecule has 0 aliphatic heterocycles. The number of fused-ring (bicyclic) bond motifs is 1. The predicted molar refractivity (Wildman–Crippen MR) is 121 cm³/mol. The number of carbonyl (C=O) groups excluding carboxylic acids is 1.